The number of amides is 1. The highest BCUT2D eigenvalue weighted by Crippen LogP contribution is 2.17. The van der Waals surface area contributed by atoms with Crippen LogP contribution in [0.15, 0.2) is 10.9 Å². The van der Waals surface area contributed by atoms with E-state index in [-0.39, 0.29) is 11.9 Å². The molecule has 0 saturated carbocycles. The number of carbonyl (C=O) groups is 1. The SMILES string of the molecule is CC(C)C(C(=O)NCCc1cscn1)N1CCCCC1. The third kappa shape index (κ3) is 4.28. The summed E-state index contributed by atoms with van der Waals surface area (Å²) in [6.07, 6.45) is 4.55. The van der Waals surface area contributed by atoms with E-state index in [9.17, 15) is 4.79 Å². The molecule has 1 atom stereocenters. The van der Waals surface area contributed by atoms with Crippen molar-refractivity contribution in [2.75, 3.05) is 19.6 Å². The summed E-state index contributed by atoms with van der Waals surface area (Å²) in [5.74, 6) is 0.532. The van der Waals surface area contributed by atoms with Crippen LogP contribution in [0.3, 0.4) is 0 Å². The lowest BCUT2D eigenvalue weighted by molar-refractivity contribution is -0.128. The molecule has 4 nitrogen and oxygen atoms in total. The van der Waals surface area contributed by atoms with Crippen molar-refractivity contribution in [2.24, 2.45) is 5.92 Å². The van der Waals surface area contributed by atoms with Gasteiger partial charge in [-0.15, -0.1) is 11.3 Å². The van der Waals surface area contributed by atoms with Crippen LogP contribution in [0.2, 0.25) is 0 Å². The Morgan fingerprint density at radius 3 is 2.75 bits per heavy atom. The summed E-state index contributed by atoms with van der Waals surface area (Å²) in [5.41, 5.74) is 2.90. The van der Waals surface area contributed by atoms with Crippen molar-refractivity contribution in [1.29, 1.82) is 0 Å². The second-order valence-electron chi connectivity index (χ2n) is 5.81. The maximum Gasteiger partial charge on any atom is 0.237 e. The quantitative estimate of drug-likeness (QED) is 0.876. The van der Waals surface area contributed by atoms with Gasteiger partial charge in [0.25, 0.3) is 0 Å². The Labute approximate surface area is 125 Å². The summed E-state index contributed by atoms with van der Waals surface area (Å²) in [5, 5.41) is 5.12. The summed E-state index contributed by atoms with van der Waals surface area (Å²) in [6.45, 7) is 7.07. The molecule has 0 radical (unpaired) electrons. The fourth-order valence-corrected chi connectivity index (χ4v) is 3.46. The van der Waals surface area contributed by atoms with E-state index in [4.69, 9.17) is 0 Å². The van der Waals surface area contributed by atoms with Crippen molar-refractivity contribution in [1.82, 2.24) is 15.2 Å². The van der Waals surface area contributed by atoms with Gasteiger partial charge in [0.2, 0.25) is 5.91 Å². The molecule has 20 heavy (non-hydrogen) atoms. The molecule has 1 N–H and O–H groups in total. The summed E-state index contributed by atoms with van der Waals surface area (Å²) in [7, 11) is 0. The number of aromatic nitrogens is 1. The minimum Gasteiger partial charge on any atom is -0.354 e. The molecule has 1 aromatic rings. The Bertz CT molecular complexity index is 399. The van der Waals surface area contributed by atoms with Gasteiger partial charge in [-0.1, -0.05) is 20.3 Å². The van der Waals surface area contributed by atoms with Crippen LogP contribution < -0.4 is 5.32 Å². The molecule has 1 unspecified atom stereocenters. The Balaban J connectivity index is 1.83. The number of nitrogens with zero attached hydrogens (tertiary/aromatic N) is 2. The van der Waals surface area contributed by atoms with Crippen LogP contribution in [0, 0.1) is 5.92 Å². The van der Waals surface area contributed by atoms with Crippen LogP contribution in [0.5, 0.6) is 0 Å². The molecule has 1 aromatic heterocycles. The minimum atomic E-state index is 0.0192. The Hall–Kier alpha value is -0.940. The number of rotatable bonds is 6. The van der Waals surface area contributed by atoms with Crippen LogP contribution in [0.1, 0.15) is 38.8 Å². The Kier molecular flexibility index (Phi) is 5.98. The lowest BCUT2D eigenvalue weighted by Crippen LogP contribution is -2.51. The van der Waals surface area contributed by atoms with Gasteiger partial charge in [-0.3, -0.25) is 9.69 Å². The van der Waals surface area contributed by atoms with Gasteiger partial charge in [0.15, 0.2) is 0 Å². The molecular formula is C15H25N3OS. The molecule has 2 heterocycles. The smallest absolute Gasteiger partial charge is 0.237 e. The van der Waals surface area contributed by atoms with Gasteiger partial charge < -0.3 is 5.32 Å². The fraction of sp³-hybridized carbons (Fsp3) is 0.733. The first-order chi connectivity index (χ1) is 9.68. The van der Waals surface area contributed by atoms with E-state index in [1.165, 1.54) is 19.3 Å². The molecule has 1 amide bonds. The first-order valence-electron chi connectivity index (χ1n) is 7.57. The highest BCUT2D eigenvalue weighted by Gasteiger charge is 2.29. The molecule has 5 heteroatoms. The van der Waals surface area contributed by atoms with Gasteiger partial charge >= 0.3 is 0 Å². The Morgan fingerprint density at radius 2 is 2.15 bits per heavy atom. The van der Waals surface area contributed by atoms with Gasteiger partial charge in [0, 0.05) is 18.3 Å². The van der Waals surface area contributed by atoms with E-state index in [0.29, 0.717) is 12.5 Å². The summed E-state index contributed by atoms with van der Waals surface area (Å²) in [6, 6.07) is 0.0192. The van der Waals surface area contributed by atoms with E-state index in [2.05, 4.69) is 29.0 Å². The molecule has 0 aliphatic carbocycles. The molecule has 1 aliphatic rings. The number of carbonyl (C=O) groups excluding carboxylic acids is 1. The van der Waals surface area contributed by atoms with E-state index in [0.717, 1.165) is 25.2 Å². The number of hydrogen-bond donors (Lipinski definition) is 1. The largest absolute Gasteiger partial charge is 0.354 e. The molecule has 112 valence electrons. The molecule has 1 aliphatic heterocycles. The standard InChI is InChI=1S/C15H25N3OS/c1-12(2)14(18-8-4-3-5-9-18)15(19)16-7-6-13-10-20-11-17-13/h10-12,14H,3-9H2,1-2H3,(H,16,19). The van der Waals surface area contributed by atoms with Crippen molar-refractivity contribution in [2.45, 2.75) is 45.6 Å². The van der Waals surface area contributed by atoms with Crippen LogP contribution in [-0.4, -0.2) is 41.5 Å². The number of thiazole rings is 1. The highest BCUT2D eigenvalue weighted by atomic mass is 32.1. The van der Waals surface area contributed by atoms with Crippen LogP contribution >= 0.6 is 11.3 Å². The summed E-state index contributed by atoms with van der Waals surface area (Å²) in [4.78, 5) is 19.0. The maximum atomic E-state index is 12.4. The average molecular weight is 295 g/mol. The third-order valence-electron chi connectivity index (χ3n) is 3.85. The van der Waals surface area contributed by atoms with Crippen molar-refractivity contribution >= 4 is 17.2 Å². The van der Waals surface area contributed by atoms with Crippen LogP contribution in [0.4, 0.5) is 0 Å². The van der Waals surface area contributed by atoms with Gasteiger partial charge in [-0.05, 0) is 31.8 Å². The van der Waals surface area contributed by atoms with Crippen molar-refractivity contribution in [3.8, 4) is 0 Å². The molecule has 0 aromatic carbocycles. The van der Waals surface area contributed by atoms with Gasteiger partial charge in [-0.25, -0.2) is 4.98 Å². The van der Waals surface area contributed by atoms with E-state index in [1.807, 2.05) is 10.9 Å². The normalized spacial score (nSPS) is 18.1. The van der Waals surface area contributed by atoms with Gasteiger partial charge in [0.05, 0.1) is 17.2 Å². The van der Waals surface area contributed by atoms with Crippen LogP contribution in [-0.2, 0) is 11.2 Å². The number of hydrogen-bond acceptors (Lipinski definition) is 4. The first kappa shape index (κ1) is 15.4. The number of nitrogens with one attached hydrogen (secondary N) is 1. The lowest BCUT2D eigenvalue weighted by atomic mass is 9.98. The van der Waals surface area contributed by atoms with E-state index in [1.54, 1.807) is 11.3 Å². The molecule has 0 bridgehead atoms. The minimum absolute atomic E-state index is 0.0192. The maximum absolute atomic E-state index is 12.4. The molecule has 1 saturated heterocycles. The zero-order valence-electron chi connectivity index (χ0n) is 12.5. The third-order valence-corrected chi connectivity index (χ3v) is 4.48. The molecular weight excluding hydrogens is 270 g/mol. The average Bonchev–Trinajstić information content (AvgIpc) is 2.93. The highest BCUT2D eigenvalue weighted by molar-refractivity contribution is 7.07. The first-order valence-corrected chi connectivity index (χ1v) is 8.51. The Morgan fingerprint density at radius 1 is 1.40 bits per heavy atom. The lowest BCUT2D eigenvalue weighted by Gasteiger charge is -2.35. The molecule has 2 rings (SSSR count). The summed E-state index contributed by atoms with van der Waals surface area (Å²) >= 11 is 1.60. The second-order valence-corrected chi connectivity index (χ2v) is 6.52. The van der Waals surface area contributed by atoms with Crippen molar-refractivity contribution < 1.29 is 4.79 Å². The fourth-order valence-electron chi connectivity index (χ4n) is 2.87. The van der Waals surface area contributed by atoms with Gasteiger partial charge in [-0.2, -0.15) is 0 Å². The number of likely N-dealkylation sites (tertiary alicyclic amines) is 1. The summed E-state index contributed by atoms with van der Waals surface area (Å²) < 4.78 is 0. The predicted molar refractivity (Wildman–Crippen MR) is 82.9 cm³/mol. The zero-order valence-corrected chi connectivity index (χ0v) is 13.3. The van der Waals surface area contributed by atoms with Crippen molar-refractivity contribution in [3.63, 3.8) is 0 Å². The monoisotopic (exact) mass is 295 g/mol. The topological polar surface area (TPSA) is 45.2 Å². The van der Waals surface area contributed by atoms with E-state index >= 15 is 0 Å². The predicted octanol–water partition coefficient (Wildman–Crippen LogP) is 2.31. The van der Waals surface area contributed by atoms with Crippen molar-refractivity contribution in [3.05, 3.63) is 16.6 Å². The van der Waals surface area contributed by atoms with Gasteiger partial charge in [0.1, 0.15) is 0 Å². The number of piperidine rings is 1. The molecule has 0 spiro atoms. The van der Waals surface area contributed by atoms with Crippen LogP contribution in [0.25, 0.3) is 0 Å². The van der Waals surface area contributed by atoms with E-state index < -0.39 is 0 Å². The zero-order chi connectivity index (χ0) is 14.4. The molecule has 1 fully saturated rings. The second kappa shape index (κ2) is 7.74.